The molecule has 1 aromatic carbocycles. The Morgan fingerprint density at radius 1 is 1.46 bits per heavy atom. The van der Waals surface area contributed by atoms with Crippen molar-refractivity contribution in [3.8, 4) is 5.75 Å². The molecule has 1 aliphatic heterocycles. The second-order valence-electron chi connectivity index (χ2n) is 5.79. The van der Waals surface area contributed by atoms with Crippen LogP contribution in [0, 0.1) is 12.8 Å². The van der Waals surface area contributed by atoms with Crippen LogP contribution in [0.25, 0.3) is 0 Å². The van der Waals surface area contributed by atoms with Crippen molar-refractivity contribution in [3.05, 3.63) is 35.3 Å². The first kappa shape index (κ1) is 16.4. The van der Waals surface area contributed by atoms with E-state index in [-0.39, 0.29) is 24.2 Å². The predicted octanol–water partition coefficient (Wildman–Crippen LogP) is 2.48. The number of hydrogen-bond donors (Lipinski definition) is 0. The Bertz CT molecular complexity index is 760. The Morgan fingerprint density at radius 2 is 2.25 bits per heavy atom. The molecule has 0 bridgehead atoms. The lowest BCUT2D eigenvalue weighted by Gasteiger charge is -2.21. The number of thiazole rings is 1. The third-order valence-electron chi connectivity index (χ3n) is 4.14. The zero-order chi connectivity index (χ0) is 17.3. The molecule has 2 aromatic rings. The number of carbonyl (C=O) groups excluding carboxylic acids is 2. The molecule has 1 atom stereocenters. The molecule has 0 saturated carbocycles. The van der Waals surface area contributed by atoms with Crippen molar-refractivity contribution in [1.82, 2.24) is 4.98 Å². The van der Waals surface area contributed by atoms with Gasteiger partial charge < -0.3 is 9.64 Å². The lowest BCUT2D eigenvalue weighted by atomic mass is 10.1. The molecular formula is C17H19N3O3S. The number of ether oxygens (including phenoxy) is 1. The molecule has 0 unspecified atom stereocenters. The number of benzene rings is 1. The highest BCUT2D eigenvalue weighted by molar-refractivity contribution is 7.13. The summed E-state index contributed by atoms with van der Waals surface area (Å²) in [6, 6.07) is 5.69. The topological polar surface area (TPSA) is 62.7 Å². The van der Waals surface area contributed by atoms with E-state index in [0.29, 0.717) is 17.4 Å². The summed E-state index contributed by atoms with van der Waals surface area (Å²) in [5.41, 5.74) is 1.75. The zero-order valence-electron chi connectivity index (χ0n) is 13.9. The lowest BCUT2D eigenvalue weighted by Crippen LogP contribution is -2.34. The van der Waals surface area contributed by atoms with Crippen molar-refractivity contribution in [3.63, 3.8) is 0 Å². The molecule has 0 N–H and O–H groups in total. The minimum absolute atomic E-state index is 0.0650. The largest absolute Gasteiger partial charge is 0.495 e. The van der Waals surface area contributed by atoms with Gasteiger partial charge in [-0.15, -0.1) is 11.3 Å². The van der Waals surface area contributed by atoms with Gasteiger partial charge in [0.05, 0.1) is 18.7 Å². The molecule has 2 heterocycles. The summed E-state index contributed by atoms with van der Waals surface area (Å²) in [4.78, 5) is 32.5. The van der Waals surface area contributed by atoms with Gasteiger partial charge in [-0.2, -0.15) is 0 Å². The summed E-state index contributed by atoms with van der Waals surface area (Å²) in [6.07, 6.45) is 1.86. The highest BCUT2D eigenvalue weighted by Gasteiger charge is 2.38. The molecule has 0 radical (unpaired) electrons. The van der Waals surface area contributed by atoms with Gasteiger partial charge in [0.2, 0.25) is 11.8 Å². The SMILES string of the molecule is COc1ccc(C)cc1N1C[C@H](C(=O)N(C)c2nccs2)CC1=O. The zero-order valence-corrected chi connectivity index (χ0v) is 14.7. The van der Waals surface area contributed by atoms with Gasteiger partial charge in [0.1, 0.15) is 5.75 Å². The van der Waals surface area contributed by atoms with E-state index in [0.717, 1.165) is 11.3 Å². The molecule has 3 rings (SSSR count). The monoisotopic (exact) mass is 345 g/mol. The fourth-order valence-electron chi connectivity index (χ4n) is 2.87. The van der Waals surface area contributed by atoms with Crippen molar-refractivity contribution >= 4 is 34.0 Å². The third-order valence-corrected chi connectivity index (χ3v) is 4.98. The molecule has 1 aliphatic rings. The van der Waals surface area contributed by atoms with Crippen LogP contribution in [0.2, 0.25) is 0 Å². The number of aryl methyl sites for hydroxylation is 1. The quantitative estimate of drug-likeness (QED) is 0.854. The van der Waals surface area contributed by atoms with Crippen LogP contribution in [-0.2, 0) is 9.59 Å². The van der Waals surface area contributed by atoms with Crippen LogP contribution in [-0.4, -0.2) is 37.5 Å². The Kier molecular flexibility index (Phi) is 4.53. The van der Waals surface area contributed by atoms with Gasteiger partial charge in [-0.05, 0) is 24.6 Å². The number of anilines is 2. The van der Waals surface area contributed by atoms with Crippen LogP contribution in [0.3, 0.4) is 0 Å². The van der Waals surface area contributed by atoms with Crippen molar-refractivity contribution in [2.75, 3.05) is 30.5 Å². The number of amides is 2. The molecule has 1 saturated heterocycles. The van der Waals surface area contributed by atoms with Crippen LogP contribution in [0.15, 0.2) is 29.8 Å². The highest BCUT2D eigenvalue weighted by Crippen LogP contribution is 2.34. The number of rotatable bonds is 4. The van der Waals surface area contributed by atoms with Crippen molar-refractivity contribution in [2.45, 2.75) is 13.3 Å². The average molecular weight is 345 g/mol. The normalized spacial score (nSPS) is 17.2. The Hall–Kier alpha value is -2.41. The molecule has 2 amide bonds. The van der Waals surface area contributed by atoms with Gasteiger partial charge in [0.15, 0.2) is 5.13 Å². The molecule has 0 aliphatic carbocycles. The summed E-state index contributed by atoms with van der Waals surface area (Å²) in [7, 11) is 3.27. The number of hydrogen-bond acceptors (Lipinski definition) is 5. The molecule has 6 nitrogen and oxygen atoms in total. The van der Waals surface area contributed by atoms with Crippen LogP contribution in [0.1, 0.15) is 12.0 Å². The van der Waals surface area contributed by atoms with E-state index in [4.69, 9.17) is 4.74 Å². The summed E-state index contributed by atoms with van der Waals surface area (Å²) < 4.78 is 5.37. The summed E-state index contributed by atoms with van der Waals surface area (Å²) in [5, 5.41) is 2.46. The second kappa shape index (κ2) is 6.60. The minimum atomic E-state index is -0.378. The Labute approximate surface area is 144 Å². The maximum absolute atomic E-state index is 12.7. The molecule has 0 spiro atoms. The second-order valence-corrected chi connectivity index (χ2v) is 6.67. The van der Waals surface area contributed by atoms with E-state index in [1.54, 1.807) is 25.3 Å². The van der Waals surface area contributed by atoms with Gasteiger partial charge in [0.25, 0.3) is 0 Å². The standard InChI is InChI=1S/C17H19N3O3S/c1-11-4-5-14(23-3)13(8-11)20-10-12(9-15(20)21)16(22)19(2)17-18-6-7-24-17/h4-8,12H,9-10H2,1-3H3/t12-/m1/s1. The number of methoxy groups -OCH3 is 1. The number of carbonyl (C=O) groups is 2. The fraction of sp³-hybridized carbons (Fsp3) is 0.353. The van der Waals surface area contributed by atoms with Gasteiger partial charge in [-0.3, -0.25) is 14.5 Å². The average Bonchev–Trinajstić information content (AvgIpc) is 3.23. The van der Waals surface area contributed by atoms with Crippen LogP contribution in [0.5, 0.6) is 5.75 Å². The third kappa shape index (κ3) is 2.99. The maximum Gasteiger partial charge on any atom is 0.233 e. The predicted molar refractivity (Wildman–Crippen MR) is 93.7 cm³/mol. The van der Waals surface area contributed by atoms with E-state index >= 15 is 0 Å². The maximum atomic E-state index is 12.7. The fourth-order valence-corrected chi connectivity index (χ4v) is 3.48. The van der Waals surface area contributed by atoms with E-state index in [9.17, 15) is 9.59 Å². The van der Waals surface area contributed by atoms with Gasteiger partial charge >= 0.3 is 0 Å². The molecule has 7 heteroatoms. The Morgan fingerprint density at radius 3 is 2.92 bits per heavy atom. The summed E-state index contributed by atoms with van der Waals surface area (Å²) in [6.45, 7) is 2.32. The number of nitrogens with zero attached hydrogens (tertiary/aromatic N) is 3. The first-order valence-corrected chi connectivity index (χ1v) is 8.51. The van der Waals surface area contributed by atoms with Crippen LogP contribution in [0.4, 0.5) is 10.8 Å². The summed E-state index contributed by atoms with van der Waals surface area (Å²) >= 11 is 1.40. The van der Waals surface area contributed by atoms with E-state index in [1.165, 1.54) is 16.2 Å². The first-order valence-electron chi connectivity index (χ1n) is 7.63. The number of aromatic nitrogens is 1. The van der Waals surface area contributed by atoms with Crippen molar-refractivity contribution < 1.29 is 14.3 Å². The molecule has 24 heavy (non-hydrogen) atoms. The summed E-state index contributed by atoms with van der Waals surface area (Å²) in [5.74, 6) is 0.101. The smallest absolute Gasteiger partial charge is 0.233 e. The van der Waals surface area contributed by atoms with Crippen molar-refractivity contribution in [1.29, 1.82) is 0 Å². The highest BCUT2D eigenvalue weighted by atomic mass is 32.1. The lowest BCUT2D eigenvalue weighted by molar-refractivity contribution is -0.124. The van der Waals surface area contributed by atoms with Gasteiger partial charge in [0, 0.05) is 31.6 Å². The van der Waals surface area contributed by atoms with E-state index in [1.807, 2.05) is 30.5 Å². The van der Waals surface area contributed by atoms with Crippen LogP contribution < -0.4 is 14.5 Å². The van der Waals surface area contributed by atoms with Crippen molar-refractivity contribution in [2.24, 2.45) is 5.92 Å². The Balaban J connectivity index is 1.81. The molecule has 1 aromatic heterocycles. The first-order chi connectivity index (χ1) is 11.5. The van der Waals surface area contributed by atoms with Crippen LogP contribution >= 0.6 is 11.3 Å². The van der Waals surface area contributed by atoms with Gasteiger partial charge in [-0.25, -0.2) is 4.98 Å². The molecule has 1 fully saturated rings. The minimum Gasteiger partial charge on any atom is -0.495 e. The molecule has 126 valence electrons. The van der Waals surface area contributed by atoms with E-state index in [2.05, 4.69) is 4.98 Å². The van der Waals surface area contributed by atoms with Gasteiger partial charge in [-0.1, -0.05) is 6.07 Å². The van der Waals surface area contributed by atoms with E-state index < -0.39 is 0 Å². The molecular weight excluding hydrogens is 326 g/mol.